The van der Waals surface area contributed by atoms with Gasteiger partial charge in [0.2, 0.25) is 0 Å². The van der Waals surface area contributed by atoms with E-state index in [-0.39, 0.29) is 0 Å². The molecule has 1 saturated heterocycles. The average molecular weight is 166 g/mol. The van der Waals surface area contributed by atoms with Crippen molar-refractivity contribution < 1.29 is 4.39 Å². The van der Waals surface area contributed by atoms with E-state index < -0.39 is 5.67 Å². The summed E-state index contributed by atoms with van der Waals surface area (Å²) < 4.78 is 14.0. The van der Waals surface area contributed by atoms with Crippen LogP contribution in [-0.2, 0) is 5.67 Å². The molecule has 1 aromatic heterocycles. The van der Waals surface area contributed by atoms with Gasteiger partial charge in [0.25, 0.3) is 0 Å². The number of pyridine rings is 1. The van der Waals surface area contributed by atoms with Crippen molar-refractivity contribution in [2.45, 2.75) is 12.1 Å². The van der Waals surface area contributed by atoms with Crippen molar-refractivity contribution in [2.24, 2.45) is 0 Å². The van der Waals surface area contributed by atoms with E-state index in [2.05, 4.69) is 10.3 Å². The highest BCUT2D eigenvalue weighted by atomic mass is 19.1. The summed E-state index contributed by atoms with van der Waals surface area (Å²) in [7, 11) is 0. The maximum absolute atomic E-state index is 14.0. The fraction of sp³-hybridized carbons (Fsp3) is 0.444. The molecule has 1 unspecified atom stereocenters. The van der Waals surface area contributed by atoms with Crippen LogP contribution in [0.25, 0.3) is 0 Å². The van der Waals surface area contributed by atoms with Crippen LogP contribution in [-0.4, -0.2) is 18.1 Å². The van der Waals surface area contributed by atoms with Crippen LogP contribution in [0.2, 0.25) is 0 Å². The third-order valence-electron chi connectivity index (χ3n) is 2.30. The summed E-state index contributed by atoms with van der Waals surface area (Å²) >= 11 is 0. The van der Waals surface area contributed by atoms with Gasteiger partial charge in [-0.2, -0.15) is 0 Å². The first-order chi connectivity index (χ1) is 5.81. The summed E-state index contributed by atoms with van der Waals surface area (Å²) in [4.78, 5) is 3.86. The topological polar surface area (TPSA) is 24.9 Å². The van der Waals surface area contributed by atoms with Crippen molar-refractivity contribution in [1.29, 1.82) is 0 Å². The first-order valence-corrected chi connectivity index (χ1v) is 4.11. The van der Waals surface area contributed by atoms with Gasteiger partial charge in [-0.25, -0.2) is 4.39 Å². The number of hydrogen-bond acceptors (Lipinski definition) is 2. The molecule has 1 aromatic rings. The Hall–Kier alpha value is -0.960. The van der Waals surface area contributed by atoms with Crippen molar-refractivity contribution in [3.05, 3.63) is 30.1 Å². The van der Waals surface area contributed by atoms with E-state index >= 15 is 0 Å². The Kier molecular flexibility index (Phi) is 1.81. The number of halogens is 1. The summed E-state index contributed by atoms with van der Waals surface area (Å²) in [6, 6.07) is 3.49. The Bertz CT molecular complexity index is 254. The zero-order valence-electron chi connectivity index (χ0n) is 6.76. The molecule has 3 heteroatoms. The van der Waals surface area contributed by atoms with Crippen LogP contribution in [0.1, 0.15) is 12.0 Å². The van der Waals surface area contributed by atoms with Gasteiger partial charge in [0.05, 0.1) is 0 Å². The molecule has 0 bridgehead atoms. The van der Waals surface area contributed by atoms with Crippen LogP contribution in [0.3, 0.4) is 0 Å². The minimum absolute atomic E-state index is 0.428. The summed E-state index contributed by atoms with van der Waals surface area (Å²) in [5, 5.41) is 3.02. The number of alkyl halides is 1. The standard InChI is InChI=1S/C9H11FN2/c10-9(3-6-12-7-9)8-1-4-11-5-2-8/h1-2,4-5,12H,3,6-7H2. The van der Waals surface area contributed by atoms with E-state index in [1.54, 1.807) is 24.5 Å². The van der Waals surface area contributed by atoms with Gasteiger partial charge in [-0.3, -0.25) is 4.98 Å². The Balaban J connectivity index is 2.29. The highest BCUT2D eigenvalue weighted by molar-refractivity contribution is 5.21. The lowest BCUT2D eigenvalue weighted by atomic mass is 9.96. The summed E-state index contributed by atoms with van der Waals surface area (Å²) in [5.41, 5.74) is -0.425. The van der Waals surface area contributed by atoms with Crippen molar-refractivity contribution in [2.75, 3.05) is 13.1 Å². The number of aromatic nitrogens is 1. The lowest BCUT2D eigenvalue weighted by Crippen LogP contribution is -2.23. The van der Waals surface area contributed by atoms with Crippen LogP contribution in [0.4, 0.5) is 4.39 Å². The van der Waals surface area contributed by atoms with E-state index in [9.17, 15) is 4.39 Å². The van der Waals surface area contributed by atoms with Crippen molar-refractivity contribution in [1.82, 2.24) is 10.3 Å². The van der Waals surface area contributed by atoms with Gasteiger partial charge >= 0.3 is 0 Å². The van der Waals surface area contributed by atoms with Crippen LogP contribution < -0.4 is 5.32 Å². The lowest BCUT2D eigenvalue weighted by Gasteiger charge is -2.17. The van der Waals surface area contributed by atoms with E-state index in [0.717, 1.165) is 12.1 Å². The average Bonchev–Trinajstić information content (AvgIpc) is 2.55. The zero-order chi connectivity index (χ0) is 8.44. The van der Waals surface area contributed by atoms with Crippen LogP contribution in [0, 0.1) is 0 Å². The first-order valence-electron chi connectivity index (χ1n) is 4.11. The van der Waals surface area contributed by atoms with Gasteiger partial charge in [-0.05, 0) is 30.7 Å². The lowest BCUT2D eigenvalue weighted by molar-refractivity contribution is 0.193. The second kappa shape index (κ2) is 2.83. The molecule has 12 heavy (non-hydrogen) atoms. The predicted octanol–water partition coefficient (Wildman–Crippen LogP) is 1.24. The van der Waals surface area contributed by atoms with Crippen molar-refractivity contribution in [3.8, 4) is 0 Å². The molecule has 2 rings (SSSR count). The first kappa shape index (κ1) is 7.68. The zero-order valence-corrected chi connectivity index (χ0v) is 6.76. The van der Waals surface area contributed by atoms with E-state index in [4.69, 9.17) is 0 Å². The molecule has 0 radical (unpaired) electrons. The Morgan fingerprint density at radius 3 is 2.75 bits per heavy atom. The second-order valence-electron chi connectivity index (χ2n) is 3.13. The van der Waals surface area contributed by atoms with Gasteiger partial charge in [-0.15, -0.1) is 0 Å². The molecule has 1 aliphatic heterocycles. The minimum atomic E-state index is -1.16. The van der Waals surface area contributed by atoms with Gasteiger partial charge in [0, 0.05) is 18.9 Å². The van der Waals surface area contributed by atoms with Crippen molar-refractivity contribution in [3.63, 3.8) is 0 Å². The minimum Gasteiger partial charge on any atom is -0.313 e. The fourth-order valence-corrected chi connectivity index (χ4v) is 1.56. The Morgan fingerprint density at radius 1 is 1.42 bits per heavy atom. The third kappa shape index (κ3) is 1.20. The Labute approximate surface area is 70.8 Å². The molecule has 1 N–H and O–H groups in total. The van der Waals surface area contributed by atoms with Gasteiger partial charge in [0.1, 0.15) is 5.67 Å². The van der Waals surface area contributed by atoms with Gasteiger partial charge < -0.3 is 5.32 Å². The molecule has 2 nitrogen and oxygen atoms in total. The van der Waals surface area contributed by atoms with E-state index in [1.165, 1.54) is 0 Å². The maximum atomic E-state index is 14.0. The van der Waals surface area contributed by atoms with Gasteiger partial charge in [-0.1, -0.05) is 0 Å². The third-order valence-corrected chi connectivity index (χ3v) is 2.30. The highest BCUT2D eigenvalue weighted by Crippen LogP contribution is 2.31. The molecular formula is C9H11FN2. The Morgan fingerprint density at radius 2 is 2.17 bits per heavy atom. The SMILES string of the molecule is FC1(c2ccncc2)CCNC1. The maximum Gasteiger partial charge on any atom is 0.149 e. The van der Waals surface area contributed by atoms with E-state index in [1.807, 2.05) is 0 Å². The molecule has 64 valence electrons. The number of rotatable bonds is 1. The fourth-order valence-electron chi connectivity index (χ4n) is 1.56. The molecule has 1 aliphatic rings. The van der Waals surface area contributed by atoms with Crippen LogP contribution in [0.15, 0.2) is 24.5 Å². The number of nitrogens with one attached hydrogen (secondary N) is 1. The summed E-state index contributed by atoms with van der Waals surface area (Å²) in [5.74, 6) is 0. The summed E-state index contributed by atoms with van der Waals surface area (Å²) in [6.45, 7) is 1.19. The molecule has 1 atom stereocenters. The van der Waals surface area contributed by atoms with Crippen LogP contribution >= 0.6 is 0 Å². The highest BCUT2D eigenvalue weighted by Gasteiger charge is 2.35. The largest absolute Gasteiger partial charge is 0.313 e. The van der Waals surface area contributed by atoms with Crippen LogP contribution in [0.5, 0.6) is 0 Å². The monoisotopic (exact) mass is 166 g/mol. The molecule has 0 spiro atoms. The molecule has 1 fully saturated rings. The van der Waals surface area contributed by atoms with Crippen molar-refractivity contribution >= 4 is 0 Å². The quantitative estimate of drug-likeness (QED) is 0.679. The molecule has 0 amide bonds. The van der Waals surface area contributed by atoms with Gasteiger partial charge in [0.15, 0.2) is 0 Å². The van der Waals surface area contributed by atoms with E-state index in [0.29, 0.717) is 13.0 Å². The molecule has 0 saturated carbocycles. The molecular weight excluding hydrogens is 155 g/mol. The molecule has 2 heterocycles. The number of hydrogen-bond donors (Lipinski definition) is 1. The molecule has 0 aliphatic carbocycles. The normalized spacial score (nSPS) is 29.1. The second-order valence-corrected chi connectivity index (χ2v) is 3.13. The smallest absolute Gasteiger partial charge is 0.149 e. The number of nitrogens with zero attached hydrogens (tertiary/aromatic N) is 1. The summed E-state index contributed by atoms with van der Waals surface area (Å²) in [6.07, 6.45) is 3.83. The predicted molar refractivity (Wildman–Crippen MR) is 44.5 cm³/mol. The molecule has 0 aromatic carbocycles.